The smallest absolute Gasteiger partial charge is 0.159 e. The highest BCUT2D eigenvalue weighted by Crippen LogP contribution is 2.21. The van der Waals surface area contributed by atoms with Crippen LogP contribution in [0.25, 0.3) is 0 Å². The van der Waals surface area contributed by atoms with Crippen LogP contribution in [0.4, 0.5) is 17.6 Å². The highest BCUT2D eigenvalue weighted by Gasteiger charge is 2.14. The minimum absolute atomic E-state index is 0.288. The van der Waals surface area contributed by atoms with E-state index in [0.717, 1.165) is 18.2 Å². The van der Waals surface area contributed by atoms with Gasteiger partial charge in [-0.05, 0) is 48.9 Å². The monoisotopic (exact) mass is 283 g/mol. The summed E-state index contributed by atoms with van der Waals surface area (Å²) in [7, 11) is 1.63. The molecule has 0 heterocycles. The quantitative estimate of drug-likeness (QED) is 0.843. The Labute approximate surface area is 114 Å². The summed E-state index contributed by atoms with van der Waals surface area (Å²) < 4.78 is 52.4. The topological polar surface area (TPSA) is 12.0 Å². The molecule has 2 aromatic carbocycles. The Balaban J connectivity index is 2.26. The van der Waals surface area contributed by atoms with Gasteiger partial charge in [0.05, 0.1) is 0 Å². The van der Waals surface area contributed by atoms with Crippen LogP contribution < -0.4 is 5.32 Å². The normalized spacial score (nSPS) is 12.4. The Hall–Kier alpha value is -1.88. The van der Waals surface area contributed by atoms with Gasteiger partial charge in [-0.25, -0.2) is 17.6 Å². The lowest BCUT2D eigenvalue weighted by atomic mass is 9.98. The summed E-state index contributed by atoms with van der Waals surface area (Å²) in [5.74, 6) is -3.22. The van der Waals surface area contributed by atoms with Gasteiger partial charge in [-0.1, -0.05) is 6.07 Å². The molecule has 0 saturated carbocycles. The van der Waals surface area contributed by atoms with Crippen molar-refractivity contribution < 1.29 is 17.6 Å². The van der Waals surface area contributed by atoms with Gasteiger partial charge >= 0.3 is 0 Å². The minimum atomic E-state index is -0.942. The van der Waals surface area contributed by atoms with Crippen LogP contribution in [0, 0.1) is 23.3 Å². The van der Waals surface area contributed by atoms with E-state index in [4.69, 9.17) is 0 Å². The molecule has 0 spiro atoms. The van der Waals surface area contributed by atoms with E-state index >= 15 is 0 Å². The number of likely N-dealkylation sites (N-methyl/N-ethyl adjacent to an activating group) is 1. The predicted molar refractivity (Wildman–Crippen MR) is 68.2 cm³/mol. The van der Waals surface area contributed by atoms with Crippen LogP contribution in [-0.2, 0) is 6.42 Å². The molecule has 0 aliphatic carbocycles. The first kappa shape index (κ1) is 14.5. The first-order valence-corrected chi connectivity index (χ1v) is 6.07. The third-order valence-corrected chi connectivity index (χ3v) is 3.06. The summed E-state index contributed by atoms with van der Waals surface area (Å²) in [6.07, 6.45) is 0.288. The molecule has 0 amide bonds. The molecule has 0 bridgehead atoms. The van der Waals surface area contributed by atoms with E-state index in [1.165, 1.54) is 18.2 Å². The molecule has 106 valence electrons. The van der Waals surface area contributed by atoms with E-state index in [1.54, 1.807) is 7.05 Å². The Morgan fingerprint density at radius 1 is 0.900 bits per heavy atom. The number of benzene rings is 2. The van der Waals surface area contributed by atoms with E-state index in [-0.39, 0.29) is 6.42 Å². The van der Waals surface area contributed by atoms with E-state index < -0.39 is 29.3 Å². The Morgan fingerprint density at radius 3 is 2.10 bits per heavy atom. The van der Waals surface area contributed by atoms with Crippen LogP contribution >= 0.6 is 0 Å². The molecule has 1 N–H and O–H groups in total. The molecule has 2 rings (SSSR count). The highest BCUT2D eigenvalue weighted by atomic mass is 19.2. The maximum Gasteiger partial charge on any atom is 0.159 e. The zero-order valence-corrected chi connectivity index (χ0v) is 10.8. The van der Waals surface area contributed by atoms with E-state index in [1.807, 2.05) is 0 Å². The summed E-state index contributed by atoms with van der Waals surface area (Å²) in [6.45, 7) is 0. The fourth-order valence-electron chi connectivity index (χ4n) is 2.07. The SMILES string of the molecule is CNC(Cc1ccc(F)c(F)c1)c1cc(F)cc(F)c1. The zero-order valence-electron chi connectivity index (χ0n) is 10.8. The number of nitrogens with one attached hydrogen (secondary N) is 1. The maximum atomic E-state index is 13.2. The van der Waals surface area contributed by atoms with Crippen LogP contribution in [-0.4, -0.2) is 7.05 Å². The van der Waals surface area contributed by atoms with Gasteiger partial charge < -0.3 is 5.32 Å². The first-order valence-electron chi connectivity index (χ1n) is 6.07. The van der Waals surface area contributed by atoms with Crippen molar-refractivity contribution in [3.05, 3.63) is 70.8 Å². The fourth-order valence-corrected chi connectivity index (χ4v) is 2.07. The van der Waals surface area contributed by atoms with Crippen molar-refractivity contribution >= 4 is 0 Å². The van der Waals surface area contributed by atoms with Gasteiger partial charge in [-0.15, -0.1) is 0 Å². The van der Waals surface area contributed by atoms with Crippen molar-refractivity contribution in [2.75, 3.05) is 7.05 Å². The van der Waals surface area contributed by atoms with Crippen LogP contribution in [0.5, 0.6) is 0 Å². The number of rotatable bonds is 4. The van der Waals surface area contributed by atoms with E-state index in [2.05, 4.69) is 5.32 Å². The molecule has 20 heavy (non-hydrogen) atoms. The molecule has 0 aromatic heterocycles. The number of hydrogen-bond acceptors (Lipinski definition) is 1. The Bertz CT molecular complexity index is 593. The zero-order chi connectivity index (χ0) is 14.7. The average molecular weight is 283 g/mol. The lowest BCUT2D eigenvalue weighted by Crippen LogP contribution is -2.19. The lowest BCUT2D eigenvalue weighted by molar-refractivity contribution is 0.504. The molecule has 5 heteroatoms. The first-order chi connectivity index (χ1) is 9.49. The van der Waals surface area contributed by atoms with Crippen molar-refractivity contribution in [3.63, 3.8) is 0 Å². The van der Waals surface area contributed by atoms with Gasteiger partial charge in [0.25, 0.3) is 0 Å². The molecule has 0 fully saturated rings. The van der Waals surface area contributed by atoms with Crippen molar-refractivity contribution in [1.82, 2.24) is 5.32 Å². The van der Waals surface area contributed by atoms with Gasteiger partial charge in [0.1, 0.15) is 11.6 Å². The van der Waals surface area contributed by atoms with E-state index in [0.29, 0.717) is 11.1 Å². The lowest BCUT2D eigenvalue weighted by Gasteiger charge is -2.17. The second-order valence-corrected chi connectivity index (χ2v) is 4.50. The Morgan fingerprint density at radius 2 is 1.55 bits per heavy atom. The van der Waals surface area contributed by atoms with Crippen molar-refractivity contribution in [3.8, 4) is 0 Å². The molecule has 1 unspecified atom stereocenters. The van der Waals surface area contributed by atoms with Crippen LogP contribution in [0.2, 0.25) is 0 Å². The number of halogens is 4. The molecular formula is C15H13F4N. The fraction of sp³-hybridized carbons (Fsp3) is 0.200. The van der Waals surface area contributed by atoms with Crippen LogP contribution in [0.15, 0.2) is 36.4 Å². The molecule has 1 nitrogen and oxygen atoms in total. The van der Waals surface area contributed by atoms with Crippen molar-refractivity contribution in [2.24, 2.45) is 0 Å². The molecule has 0 radical (unpaired) electrons. The van der Waals surface area contributed by atoms with Crippen LogP contribution in [0.3, 0.4) is 0 Å². The largest absolute Gasteiger partial charge is 0.313 e. The predicted octanol–water partition coefficient (Wildman–Crippen LogP) is 3.75. The average Bonchev–Trinajstić information content (AvgIpc) is 2.38. The standard InChI is InChI=1S/C15H13F4N/c1-20-15(10-6-11(16)8-12(17)7-10)5-9-2-3-13(18)14(19)4-9/h2-4,6-8,15,20H,5H2,1H3. The van der Waals surface area contributed by atoms with Gasteiger partial charge in [0.2, 0.25) is 0 Å². The molecule has 2 aromatic rings. The Kier molecular flexibility index (Phi) is 4.39. The maximum absolute atomic E-state index is 13.2. The third-order valence-electron chi connectivity index (χ3n) is 3.06. The molecule has 0 aliphatic heterocycles. The van der Waals surface area contributed by atoms with Crippen LogP contribution in [0.1, 0.15) is 17.2 Å². The van der Waals surface area contributed by atoms with Gasteiger partial charge in [-0.3, -0.25) is 0 Å². The summed E-state index contributed by atoms with van der Waals surface area (Å²) in [5, 5.41) is 2.91. The van der Waals surface area contributed by atoms with Crippen molar-refractivity contribution in [2.45, 2.75) is 12.5 Å². The number of hydrogen-bond donors (Lipinski definition) is 1. The highest BCUT2D eigenvalue weighted by molar-refractivity contribution is 5.25. The summed E-state index contributed by atoms with van der Waals surface area (Å²) in [6, 6.07) is 6.37. The summed E-state index contributed by atoms with van der Waals surface area (Å²) >= 11 is 0. The summed E-state index contributed by atoms with van der Waals surface area (Å²) in [4.78, 5) is 0. The van der Waals surface area contributed by atoms with Crippen molar-refractivity contribution in [1.29, 1.82) is 0 Å². The van der Waals surface area contributed by atoms with Gasteiger partial charge in [0, 0.05) is 12.1 Å². The minimum Gasteiger partial charge on any atom is -0.313 e. The summed E-state index contributed by atoms with van der Waals surface area (Å²) in [5.41, 5.74) is 0.947. The second-order valence-electron chi connectivity index (χ2n) is 4.50. The molecule has 1 atom stereocenters. The third kappa shape index (κ3) is 3.36. The van der Waals surface area contributed by atoms with E-state index in [9.17, 15) is 17.6 Å². The molecular weight excluding hydrogens is 270 g/mol. The molecule has 0 saturated heterocycles. The van der Waals surface area contributed by atoms with Gasteiger partial charge in [0.15, 0.2) is 11.6 Å². The van der Waals surface area contributed by atoms with Gasteiger partial charge in [-0.2, -0.15) is 0 Å². The molecule has 0 aliphatic rings. The second kappa shape index (κ2) is 6.05.